The minimum atomic E-state index is 0.784. The van der Waals surface area contributed by atoms with Crippen molar-refractivity contribution < 1.29 is 4.42 Å². The van der Waals surface area contributed by atoms with Gasteiger partial charge in [0, 0.05) is 18.5 Å². The van der Waals surface area contributed by atoms with Gasteiger partial charge in [-0.05, 0) is 37.6 Å². The second-order valence-electron chi connectivity index (χ2n) is 5.83. The molecule has 5 nitrogen and oxygen atoms in total. The lowest BCUT2D eigenvalue weighted by atomic mass is 10.2. The molecule has 0 fully saturated rings. The largest absolute Gasteiger partial charge is 0.454 e. The molecule has 24 heavy (non-hydrogen) atoms. The van der Waals surface area contributed by atoms with E-state index < -0.39 is 0 Å². The van der Waals surface area contributed by atoms with Crippen molar-refractivity contribution in [1.82, 2.24) is 14.6 Å². The van der Waals surface area contributed by atoms with Crippen molar-refractivity contribution in [2.75, 3.05) is 18.0 Å². The molecule has 0 N–H and O–H groups in total. The Morgan fingerprint density at radius 1 is 1.12 bits per heavy atom. The molecular formula is C19H20N4O. The highest BCUT2D eigenvalue weighted by Gasteiger charge is 2.14. The Balaban J connectivity index is 1.83. The molecule has 3 aromatic heterocycles. The fourth-order valence-corrected chi connectivity index (χ4v) is 3.01. The number of hydrogen-bond donors (Lipinski definition) is 0. The number of fused-ring (bicyclic) bond motifs is 2. The second kappa shape index (κ2) is 6.00. The number of furan rings is 1. The summed E-state index contributed by atoms with van der Waals surface area (Å²) in [6.45, 7) is 6.25. The fraction of sp³-hybridized carbons (Fsp3) is 0.263. The summed E-state index contributed by atoms with van der Waals surface area (Å²) in [7, 11) is 0. The first kappa shape index (κ1) is 14.8. The topological polar surface area (TPSA) is 46.6 Å². The Morgan fingerprint density at radius 3 is 2.79 bits per heavy atom. The minimum Gasteiger partial charge on any atom is -0.454 e. The lowest BCUT2D eigenvalue weighted by Crippen LogP contribution is -2.25. The predicted octanol–water partition coefficient (Wildman–Crippen LogP) is 4.38. The van der Waals surface area contributed by atoms with Crippen LogP contribution in [0.15, 0.2) is 53.1 Å². The molecule has 3 heterocycles. The number of anilines is 1. The standard InChI is InChI=1S/C19H20N4O/c1-3-11-22(4-2)19-10-9-18-20-13-15(23(18)21-19)17-12-14-7-5-6-8-16(14)24-17/h5-10,12-13H,3-4,11H2,1-2H3. The molecule has 0 saturated carbocycles. The summed E-state index contributed by atoms with van der Waals surface area (Å²) in [6.07, 6.45) is 2.91. The van der Waals surface area contributed by atoms with Crippen molar-refractivity contribution in [2.45, 2.75) is 20.3 Å². The average Bonchev–Trinajstić information content (AvgIpc) is 3.22. The van der Waals surface area contributed by atoms with E-state index in [9.17, 15) is 0 Å². The van der Waals surface area contributed by atoms with E-state index in [0.717, 1.165) is 53.4 Å². The highest BCUT2D eigenvalue weighted by Crippen LogP contribution is 2.28. The van der Waals surface area contributed by atoms with Crippen molar-refractivity contribution in [3.8, 4) is 11.5 Å². The zero-order chi connectivity index (χ0) is 16.5. The Hall–Kier alpha value is -2.82. The molecule has 0 aliphatic carbocycles. The van der Waals surface area contributed by atoms with E-state index >= 15 is 0 Å². The van der Waals surface area contributed by atoms with Crippen LogP contribution in [0.1, 0.15) is 20.3 Å². The number of para-hydroxylation sites is 1. The molecule has 0 radical (unpaired) electrons. The summed E-state index contributed by atoms with van der Waals surface area (Å²) in [6, 6.07) is 14.1. The van der Waals surface area contributed by atoms with E-state index in [2.05, 4.69) is 23.7 Å². The molecule has 4 aromatic rings. The molecule has 0 saturated heterocycles. The van der Waals surface area contributed by atoms with E-state index in [1.54, 1.807) is 0 Å². The molecule has 1 aromatic carbocycles. The number of rotatable bonds is 5. The van der Waals surface area contributed by atoms with Crippen molar-refractivity contribution in [3.63, 3.8) is 0 Å². The Morgan fingerprint density at radius 2 is 2.00 bits per heavy atom. The Bertz CT molecular complexity index is 952. The van der Waals surface area contributed by atoms with Crippen LogP contribution >= 0.6 is 0 Å². The minimum absolute atomic E-state index is 0.784. The third-order valence-corrected chi connectivity index (χ3v) is 4.23. The van der Waals surface area contributed by atoms with Gasteiger partial charge in [-0.25, -0.2) is 9.50 Å². The molecule has 0 aliphatic rings. The van der Waals surface area contributed by atoms with Crippen LogP contribution in [0.4, 0.5) is 5.82 Å². The summed E-state index contributed by atoms with van der Waals surface area (Å²) in [4.78, 5) is 6.73. The number of hydrogen-bond acceptors (Lipinski definition) is 4. The van der Waals surface area contributed by atoms with Gasteiger partial charge in [-0.1, -0.05) is 25.1 Å². The lowest BCUT2D eigenvalue weighted by molar-refractivity contribution is 0.625. The molecule has 0 bridgehead atoms. The molecule has 122 valence electrons. The van der Waals surface area contributed by atoms with Gasteiger partial charge in [-0.3, -0.25) is 0 Å². The van der Waals surface area contributed by atoms with Crippen LogP contribution in [0.25, 0.3) is 28.1 Å². The Kier molecular flexibility index (Phi) is 3.69. The number of imidazole rings is 1. The molecule has 0 unspecified atom stereocenters. The lowest BCUT2D eigenvalue weighted by Gasteiger charge is -2.20. The second-order valence-corrected chi connectivity index (χ2v) is 5.83. The molecule has 0 spiro atoms. The first-order chi connectivity index (χ1) is 11.8. The molecule has 0 amide bonds. The van der Waals surface area contributed by atoms with Crippen molar-refractivity contribution in [2.24, 2.45) is 0 Å². The van der Waals surface area contributed by atoms with Crippen molar-refractivity contribution in [3.05, 3.63) is 48.7 Å². The van der Waals surface area contributed by atoms with Crippen LogP contribution in [0.5, 0.6) is 0 Å². The maximum Gasteiger partial charge on any atom is 0.155 e. The summed E-state index contributed by atoms with van der Waals surface area (Å²) < 4.78 is 7.85. The van der Waals surface area contributed by atoms with Crippen molar-refractivity contribution >= 4 is 22.4 Å². The van der Waals surface area contributed by atoms with Crippen LogP contribution in [0.2, 0.25) is 0 Å². The predicted molar refractivity (Wildman–Crippen MR) is 96.4 cm³/mol. The quantitative estimate of drug-likeness (QED) is 0.547. The maximum absolute atomic E-state index is 5.98. The number of benzene rings is 1. The van der Waals surface area contributed by atoms with Gasteiger partial charge in [0.15, 0.2) is 11.4 Å². The van der Waals surface area contributed by atoms with Crippen molar-refractivity contribution in [1.29, 1.82) is 0 Å². The summed E-state index contributed by atoms with van der Waals surface area (Å²) in [5.41, 5.74) is 2.57. The summed E-state index contributed by atoms with van der Waals surface area (Å²) in [5, 5.41) is 5.87. The van der Waals surface area contributed by atoms with Gasteiger partial charge in [-0.2, -0.15) is 0 Å². The Labute approximate surface area is 140 Å². The summed E-state index contributed by atoms with van der Waals surface area (Å²) in [5.74, 6) is 1.74. The molecular weight excluding hydrogens is 300 g/mol. The first-order valence-electron chi connectivity index (χ1n) is 8.39. The SMILES string of the molecule is CCCN(CC)c1ccc2ncc(-c3cc4ccccc4o3)n2n1. The summed E-state index contributed by atoms with van der Waals surface area (Å²) >= 11 is 0. The van der Waals surface area contributed by atoms with Crippen LogP contribution in [-0.4, -0.2) is 27.7 Å². The first-order valence-corrected chi connectivity index (χ1v) is 8.39. The highest BCUT2D eigenvalue weighted by molar-refractivity contribution is 5.82. The third kappa shape index (κ3) is 2.42. The van der Waals surface area contributed by atoms with Gasteiger partial charge in [0.25, 0.3) is 0 Å². The monoisotopic (exact) mass is 320 g/mol. The van der Waals surface area contributed by atoms with Gasteiger partial charge < -0.3 is 9.32 Å². The smallest absolute Gasteiger partial charge is 0.155 e. The molecule has 5 heteroatoms. The van der Waals surface area contributed by atoms with E-state index in [-0.39, 0.29) is 0 Å². The van der Waals surface area contributed by atoms with E-state index in [0.29, 0.717) is 0 Å². The fourth-order valence-electron chi connectivity index (χ4n) is 3.01. The molecule has 0 aliphatic heterocycles. The van der Waals surface area contributed by atoms with Crippen LogP contribution in [-0.2, 0) is 0 Å². The average molecular weight is 320 g/mol. The highest BCUT2D eigenvalue weighted by atomic mass is 16.3. The van der Waals surface area contributed by atoms with Crippen LogP contribution < -0.4 is 4.90 Å². The van der Waals surface area contributed by atoms with Gasteiger partial charge in [0.1, 0.15) is 17.1 Å². The van der Waals surface area contributed by atoms with E-state index in [4.69, 9.17) is 9.52 Å². The van der Waals surface area contributed by atoms with Crippen LogP contribution in [0.3, 0.4) is 0 Å². The van der Waals surface area contributed by atoms with Gasteiger partial charge in [-0.15, -0.1) is 5.10 Å². The molecule has 4 rings (SSSR count). The normalized spacial score (nSPS) is 11.4. The zero-order valence-electron chi connectivity index (χ0n) is 13.9. The third-order valence-electron chi connectivity index (χ3n) is 4.23. The van der Waals surface area contributed by atoms with Gasteiger partial charge in [0.2, 0.25) is 0 Å². The zero-order valence-corrected chi connectivity index (χ0v) is 13.9. The van der Waals surface area contributed by atoms with Crippen LogP contribution in [0, 0.1) is 0 Å². The molecule has 0 atom stereocenters. The van der Waals surface area contributed by atoms with E-state index in [1.807, 2.05) is 53.2 Å². The van der Waals surface area contributed by atoms with Gasteiger partial charge >= 0.3 is 0 Å². The van der Waals surface area contributed by atoms with Gasteiger partial charge in [0.05, 0.1) is 6.20 Å². The maximum atomic E-state index is 5.98. The number of aromatic nitrogens is 3. The number of nitrogens with zero attached hydrogens (tertiary/aromatic N) is 4. The van der Waals surface area contributed by atoms with E-state index in [1.165, 1.54) is 0 Å².